The topological polar surface area (TPSA) is 214 Å². The van der Waals surface area contributed by atoms with Gasteiger partial charge in [-0.1, -0.05) is 117 Å². The van der Waals surface area contributed by atoms with Crippen LogP contribution in [0.25, 0.3) is 0 Å². The fourth-order valence-corrected chi connectivity index (χ4v) is 6.73. The van der Waals surface area contributed by atoms with Gasteiger partial charge in [-0.25, -0.2) is 0 Å². The number of aliphatic hydroxyl groups is 7. The highest BCUT2D eigenvalue weighted by Gasteiger charge is 2.47. The molecule has 0 amide bonds. The molecule has 2 fully saturated rings. The number of rotatable bonds is 35. The molecule has 0 aromatic rings. The SMILES string of the molecule is CC/C=C\C/C=C\C/C=C\C/C=C\CCCCCOCC(COC1OC(COC2OC(CO)C(O)C(O)C2O)C(O)C(O)C1O)OC(=O)CCCC/C=C\C/C=C\C/C=C\C/C=C\CC. The molecule has 0 aliphatic carbocycles. The monoisotopic (exact) mass is 919 g/mol. The Bertz CT molecular complexity index is 1440. The molecular weight excluding hydrogens is 837 g/mol. The smallest absolute Gasteiger partial charge is 0.306 e. The number of carbonyl (C=O) groups is 1. The van der Waals surface area contributed by atoms with Gasteiger partial charge in [-0.05, 0) is 89.9 Å². The molecule has 11 atom stereocenters. The Kier molecular flexibility index (Phi) is 33.9. The third-order valence-electron chi connectivity index (χ3n) is 10.6. The maximum absolute atomic E-state index is 13.0. The molecule has 0 bridgehead atoms. The fraction of sp³-hybridized carbons (Fsp3) is 0.667. The van der Waals surface area contributed by atoms with Crippen molar-refractivity contribution >= 4 is 5.97 Å². The maximum Gasteiger partial charge on any atom is 0.306 e. The molecule has 2 rings (SSSR count). The van der Waals surface area contributed by atoms with Crippen LogP contribution in [-0.2, 0) is 33.2 Å². The average Bonchev–Trinajstić information content (AvgIpc) is 3.30. The van der Waals surface area contributed by atoms with E-state index in [-0.39, 0.29) is 19.6 Å². The van der Waals surface area contributed by atoms with Gasteiger partial charge in [0.2, 0.25) is 0 Å². The lowest BCUT2D eigenvalue weighted by atomic mass is 9.98. The highest BCUT2D eigenvalue weighted by atomic mass is 16.7. The Morgan fingerprint density at radius 1 is 0.508 bits per heavy atom. The molecule has 2 aliphatic rings. The summed E-state index contributed by atoms with van der Waals surface area (Å²) in [6, 6.07) is 0. The molecule has 7 N–H and O–H groups in total. The Balaban J connectivity index is 1.84. The molecular formula is C51H82O14. The van der Waals surface area contributed by atoms with Crippen LogP contribution in [0.4, 0.5) is 0 Å². The van der Waals surface area contributed by atoms with Crippen LogP contribution in [0.3, 0.4) is 0 Å². The zero-order valence-electron chi connectivity index (χ0n) is 38.9. The van der Waals surface area contributed by atoms with Crippen LogP contribution in [-0.4, -0.2) is 142 Å². The highest BCUT2D eigenvalue weighted by molar-refractivity contribution is 5.69. The van der Waals surface area contributed by atoms with Gasteiger partial charge in [-0.2, -0.15) is 0 Å². The Morgan fingerprint density at radius 3 is 1.46 bits per heavy atom. The average molecular weight is 919 g/mol. The van der Waals surface area contributed by atoms with Crippen LogP contribution in [0.2, 0.25) is 0 Å². The van der Waals surface area contributed by atoms with Crippen molar-refractivity contribution in [3.05, 3.63) is 97.2 Å². The molecule has 0 spiro atoms. The van der Waals surface area contributed by atoms with Gasteiger partial charge in [-0.3, -0.25) is 4.79 Å². The summed E-state index contributed by atoms with van der Waals surface area (Å²) in [4.78, 5) is 13.0. The lowest BCUT2D eigenvalue weighted by Gasteiger charge is -2.42. The van der Waals surface area contributed by atoms with Crippen molar-refractivity contribution in [3.63, 3.8) is 0 Å². The molecule has 2 aliphatic heterocycles. The van der Waals surface area contributed by atoms with Gasteiger partial charge in [0.05, 0.1) is 26.4 Å². The first-order chi connectivity index (χ1) is 31.6. The summed E-state index contributed by atoms with van der Waals surface area (Å²) in [6.07, 6.45) is 31.9. The van der Waals surface area contributed by atoms with E-state index in [0.29, 0.717) is 13.0 Å². The minimum atomic E-state index is -1.73. The number of unbranched alkanes of at least 4 members (excludes halogenated alkanes) is 5. The minimum Gasteiger partial charge on any atom is -0.457 e. The highest BCUT2D eigenvalue weighted by Crippen LogP contribution is 2.26. The van der Waals surface area contributed by atoms with Crippen LogP contribution in [0.1, 0.15) is 117 Å². The zero-order chi connectivity index (χ0) is 47.3. The van der Waals surface area contributed by atoms with Crippen molar-refractivity contribution < 1.29 is 69.0 Å². The van der Waals surface area contributed by atoms with Crippen molar-refractivity contribution in [2.75, 3.05) is 33.0 Å². The molecule has 11 unspecified atom stereocenters. The predicted octanol–water partition coefficient (Wildman–Crippen LogP) is 6.29. The normalized spacial score (nSPS) is 27.4. The third-order valence-corrected chi connectivity index (χ3v) is 10.6. The largest absolute Gasteiger partial charge is 0.457 e. The van der Waals surface area contributed by atoms with Gasteiger partial charge in [-0.15, -0.1) is 0 Å². The van der Waals surface area contributed by atoms with E-state index >= 15 is 0 Å². The molecule has 0 aromatic heterocycles. The summed E-state index contributed by atoms with van der Waals surface area (Å²) in [6.45, 7) is 3.27. The lowest BCUT2D eigenvalue weighted by Crippen LogP contribution is -2.61. The molecule has 2 heterocycles. The number of allylic oxidation sites excluding steroid dienone is 16. The zero-order valence-corrected chi connectivity index (χ0v) is 38.9. The minimum absolute atomic E-state index is 0.0161. The van der Waals surface area contributed by atoms with Crippen molar-refractivity contribution in [3.8, 4) is 0 Å². The van der Waals surface area contributed by atoms with Gasteiger partial charge in [0.25, 0.3) is 0 Å². The number of ether oxygens (including phenoxy) is 6. The van der Waals surface area contributed by atoms with Gasteiger partial charge >= 0.3 is 5.97 Å². The number of hydrogen-bond acceptors (Lipinski definition) is 14. The molecule has 0 radical (unpaired) electrons. The number of aliphatic hydroxyl groups excluding tert-OH is 7. The van der Waals surface area contributed by atoms with Crippen molar-refractivity contribution in [1.29, 1.82) is 0 Å². The lowest BCUT2D eigenvalue weighted by molar-refractivity contribution is -0.332. The Hall–Kier alpha value is -3.09. The van der Waals surface area contributed by atoms with E-state index in [2.05, 4.69) is 111 Å². The van der Waals surface area contributed by atoms with Gasteiger partial charge in [0.1, 0.15) is 54.9 Å². The summed E-state index contributed by atoms with van der Waals surface area (Å²) in [5.74, 6) is -0.434. The first-order valence-corrected chi connectivity index (χ1v) is 23.8. The molecule has 65 heavy (non-hydrogen) atoms. The van der Waals surface area contributed by atoms with Crippen molar-refractivity contribution in [2.24, 2.45) is 0 Å². The van der Waals surface area contributed by atoms with E-state index < -0.39 is 86.7 Å². The second kappa shape index (κ2) is 37.9. The molecule has 14 heteroatoms. The summed E-state index contributed by atoms with van der Waals surface area (Å²) in [5, 5.41) is 72.0. The van der Waals surface area contributed by atoms with E-state index in [9.17, 15) is 40.5 Å². The van der Waals surface area contributed by atoms with Gasteiger partial charge < -0.3 is 64.2 Å². The van der Waals surface area contributed by atoms with Crippen molar-refractivity contribution in [1.82, 2.24) is 0 Å². The summed E-state index contributed by atoms with van der Waals surface area (Å²) < 4.78 is 34.1. The van der Waals surface area contributed by atoms with Crippen LogP contribution < -0.4 is 0 Å². The second-order valence-electron chi connectivity index (χ2n) is 16.2. The van der Waals surface area contributed by atoms with Gasteiger partial charge in [0, 0.05) is 13.0 Å². The van der Waals surface area contributed by atoms with E-state index in [1.54, 1.807) is 0 Å². The van der Waals surface area contributed by atoms with E-state index in [4.69, 9.17) is 28.4 Å². The third kappa shape index (κ3) is 26.1. The number of hydrogen-bond donors (Lipinski definition) is 7. The fourth-order valence-electron chi connectivity index (χ4n) is 6.73. The Morgan fingerprint density at radius 2 is 0.954 bits per heavy atom. The molecule has 370 valence electrons. The predicted molar refractivity (Wildman–Crippen MR) is 251 cm³/mol. The number of carbonyl (C=O) groups excluding carboxylic acids is 1. The maximum atomic E-state index is 13.0. The molecule has 0 saturated carbocycles. The summed E-state index contributed by atoms with van der Waals surface area (Å²) >= 11 is 0. The van der Waals surface area contributed by atoms with Crippen molar-refractivity contribution in [2.45, 2.75) is 184 Å². The van der Waals surface area contributed by atoms with Crippen LogP contribution in [0.5, 0.6) is 0 Å². The van der Waals surface area contributed by atoms with Crippen LogP contribution >= 0.6 is 0 Å². The van der Waals surface area contributed by atoms with Crippen LogP contribution in [0.15, 0.2) is 97.2 Å². The van der Waals surface area contributed by atoms with Gasteiger partial charge in [0.15, 0.2) is 12.6 Å². The summed E-state index contributed by atoms with van der Waals surface area (Å²) in [5.41, 5.74) is 0. The standard InChI is InChI=1S/C51H82O14/c1-3-5-7-9-11-13-15-17-19-21-23-25-27-29-31-33-35-60-37-40(63-43(53)34-32-30-28-26-24-22-20-18-16-14-12-10-8-6-4-2)38-61-50-49(59)47(57)45(55)42(65-50)39-62-51-48(58)46(56)44(54)41(36-52)64-51/h5-8,11-14,17-20,23-26,40-42,44-52,54-59H,3-4,9-10,15-16,21-22,27-39H2,1-2H3/b7-5-,8-6-,13-11-,14-12-,19-17-,20-18-,25-23-,26-24-. The van der Waals surface area contributed by atoms with E-state index in [1.165, 1.54) is 0 Å². The quantitative estimate of drug-likeness (QED) is 0.0212. The first-order valence-electron chi connectivity index (χ1n) is 23.8. The second-order valence-corrected chi connectivity index (χ2v) is 16.2. The Labute approximate surface area is 388 Å². The molecule has 0 aromatic carbocycles. The first kappa shape index (κ1) is 58.0. The molecule has 2 saturated heterocycles. The number of esters is 1. The van der Waals surface area contributed by atoms with Crippen LogP contribution in [0, 0.1) is 0 Å². The summed E-state index contributed by atoms with van der Waals surface area (Å²) in [7, 11) is 0. The van der Waals surface area contributed by atoms with E-state index in [0.717, 1.165) is 89.9 Å². The van der Waals surface area contributed by atoms with E-state index in [1.807, 2.05) is 0 Å². The molecule has 14 nitrogen and oxygen atoms in total.